The predicted molar refractivity (Wildman–Crippen MR) is 64.0 cm³/mol. The molecule has 1 fully saturated rings. The van der Waals surface area contributed by atoms with Gasteiger partial charge in [-0.1, -0.05) is 0 Å². The second-order valence-electron chi connectivity index (χ2n) is 5.10. The number of hydrogen-bond donors (Lipinski definition) is 1. The van der Waals surface area contributed by atoms with Crippen LogP contribution in [0.25, 0.3) is 0 Å². The number of rotatable bonds is 4. The fourth-order valence-electron chi connectivity index (χ4n) is 2.34. The van der Waals surface area contributed by atoms with E-state index in [2.05, 4.69) is 30.6 Å². The Morgan fingerprint density at radius 3 is 1.80 bits per heavy atom. The molecule has 1 rings (SSSR count). The Bertz CT molecular complexity index is 174. The van der Waals surface area contributed by atoms with Crippen LogP contribution in [0.5, 0.6) is 0 Å². The van der Waals surface area contributed by atoms with Crippen molar-refractivity contribution in [1.82, 2.24) is 9.80 Å². The summed E-state index contributed by atoms with van der Waals surface area (Å²) in [6, 6.07) is 1.18. The van der Waals surface area contributed by atoms with E-state index in [1.54, 1.807) is 0 Å². The molecule has 90 valence electrons. The van der Waals surface area contributed by atoms with E-state index < -0.39 is 0 Å². The lowest BCUT2D eigenvalue weighted by molar-refractivity contribution is 0.0610. The molecule has 1 aliphatic rings. The third-order valence-corrected chi connectivity index (χ3v) is 3.38. The molecule has 0 amide bonds. The first-order valence-electron chi connectivity index (χ1n) is 6.17. The van der Waals surface area contributed by atoms with Gasteiger partial charge in [0.2, 0.25) is 0 Å². The molecule has 0 spiro atoms. The van der Waals surface area contributed by atoms with E-state index in [1.165, 1.54) is 13.1 Å². The van der Waals surface area contributed by atoms with Crippen molar-refractivity contribution in [2.75, 3.05) is 26.2 Å². The number of hydrogen-bond acceptors (Lipinski definition) is 3. The van der Waals surface area contributed by atoms with Crippen LogP contribution in [0, 0.1) is 0 Å². The van der Waals surface area contributed by atoms with Crippen molar-refractivity contribution in [3.05, 3.63) is 0 Å². The lowest BCUT2D eigenvalue weighted by Gasteiger charge is -2.40. The molecule has 1 saturated heterocycles. The molecule has 2 unspecified atom stereocenters. The molecule has 1 heterocycles. The van der Waals surface area contributed by atoms with E-state index in [-0.39, 0.29) is 6.10 Å². The van der Waals surface area contributed by atoms with E-state index in [0.29, 0.717) is 12.1 Å². The van der Waals surface area contributed by atoms with Crippen molar-refractivity contribution in [1.29, 1.82) is 0 Å². The Morgan fingerprint density at radius 2 is 1.40 bits per heavy atom. The van der Waals surface area contributed by atoms with Crippen molar-refractivity contribution in [3.8, 4) is 0 Å². The normalized spacial score (nSPS) is 24.4. The first-order valence-corrected chi connectivity index (χ1v) is 6.17. The second kappa shape index (κ2) is 5.83. The van der Waals surface area contributed by atoms with Gasteiger partial charge in [0.1, 0.15) is 0 Å². The minimum Gasteiger partial charge on any atom is -0.393 e. The summed E-state index contributed by atoms with van der Waals surface area (Å²) >= 11 is 0. The molecule has 0 saturated carbocycles. The van der Waals surface area contributed by atoms with E-state index in [0.717, 1.165) is 19.5 Å². The zero-order valence-corrected chi connectivity index (χ0v) is 10.6. The van der Waals surface area contributed by atoms with Crippen LogP contribution in [0.4, 0.5) is 0 Å². The monoisotopic (exact) mass is 214 g/mol. The topological polar surface area (TPSA) is 26.7 Å². The van der Waals surface area contributed by atoms with Gasteiger partial charge in [0, 0.05) is 38.3 Å². The third-order valence-electron chi connectivity index (χ3n) is 3.38. The summed E-state index contributed by atoms with van der Waals surface area (Å²) in [5.41, 5.74) is 0. The zero-order valence-electron chi connectivity index (χ0n) is 10.6. The molecule has 1 N–H and O–H groups in total. The molecule has 0 aromatic carbocycles. The quantitative estimate of drug-likeness (QED) is 0.761. The molecule has 2 atom stereocenters. The first kappa shape index (κ1) is 12.9. The average molecular weight is 214 g/mol. The molecule has 0 aliphatic carbocycles. The summed E-state index contributed by atoms with van der Waals surface area (Å²) in [7, 11) is 0. The number of aliphatic hydroxyl groups excluding tert-OH is 1. The van der Waals surface area contributed by atoms with Gasteiger partial charge in [-0.15, -0.1) is 0 Å². The van der Waals surface area contributed by atoms with Gasteiger partial charge in [0.25, 0.3) is 0 Å². The van der Waals surface area contributed by atoms with Crippen LogP contribution in [-0.4, -0.2) is 59.3 Å². The van der Waals surface area contributed by atoms with E-state index in [9.17, 15) is 5.11 Å². The fraction of sp³-hybridized carbons (Fsp3) is 1.00. The zero-order chi connectivity index (χ0) is 11.4. The van der Waals surface area contributed by atoms with Gasteiger partial charge in [-0.3, -0.25) is 9.80 Å². The van der Waals surface area contributed by atoms with Crippen molar-refractivity contribution in [2.45, 2.75) is 52.3 Å². The van der Waals surface area contributed by atoms with Crippen molar-refractivity contribution < 1.29 is 5.11 Å². The summed E-state index contributed by atoms with van der Waals surface area (Å²) in [4.78, 5) is 5.01. The molecule has 15 heavy (non-hydrogen) atoms. The number of aliphatic hydroxyl groups is 1. The van der Waals surface area contributed by atoms with Crippen molar-refractivity contribution in [3.63, 3.8) is 0 Å². The fourth-order valence-corrected chi connectivity index (χ4v) is 2.34. The lowest BCUT2D eigenvalue weighted by Crippen LogP contribution is -2.51. The lowest BCUT2D eigenvalue weighted by atomic mass is 10.1. The van der Waals surface area contributed by atoms with Crippen LogP contribution >= 0.6 is 0 Å². The second-order valence-corrected chi connectivity index (χ2v) is 5.10. The Kier molecular flexibility index (Phi) is 5.03. The maximum atomic E-state index is 9.36. The molecule has 1 aliphatic heterocycles. The Balaban J connectivity index is 2.30. The number of piperazine rings is 1. The molecule has 3 heteroatoms. The van der Waals surface area contributed by atoms with Crippen LogP contribution < -0.4 is 0 Å². The predicted octanol–water partition coefficient (Wildman–Crippen LogP) is 1.17. The van der Waals surface area contributed by atoms with Gasteiger partial charge in [-0.2, -0.15) is 0 Å². The van der Waals surface area contributed by atoms with Gasteiger partial charge in [-0.05, 0) is 34.1 Å². The maximum Gasteiger partial charge on any atom is 0.0526 e. The standard InChI is InChI=1S/C12H26N2O/c1-10(2)13-5-7-14(8-6-13)11(3)9-12(4)15/h10-12,15H,5-9H2,1-4H3. The molecule has 0 aromatic heterocycles. The van der Waals surface area contributed by atoms with E-state index in [4.69, 9.17) is 0 Å². The van der Waals surface area contributed by atoms with Crippen molar-refractivity contribution >= 4 is 0 Å². The largest absolute Gasteiger partial charge is 0.393 e. The van der Waals surface area contributed by atoms with Crippen LogP contribution in [0.3, 0.4) is 0 Å². The number of nitrogens with zero attached hydrogens (tertiary/aromatic N) is 2. The van der Waals surface area contributed by atoms with Crippen LogP contribution in [0.2, 0.25) is 0 Å². The summed E-state index contributed by atoms with van der Waals surface area (Å²) < 4.78 is 0. The highest BCUT2D eigenvalue weighted by atomic mass is 16.3. The van der Waals surface area contributed by atoms with Crippen LogP contribution in [-0.2, 0) is 0 Å². The van der Waals surface area contributed by atoms with Crippen LogP contribution in [0.15, 0.2) is 0 Å². The minimum absolute atomic E-state index is 0.178. The molecular formula is C12H26N2O. The minimum atomic E-state index is -0.178. The van der Waals surface area contributed by atoms with Gasteiger partial charge < -0.3 is 5.11 Å². The Labute approximate surface area is 94.1 Å². The Morgan fingerprint density at radius 1 is 0.933 bits per heavy atom. The van der Waals surface area contributed by atoms with Crippen LogP contribution in [0.1, 0.15) is 34.1 Å². The smallest absolute Gasteiger partial charge is 0.0526 e. The highest BCUT2D eigenvalue weighted by Gasteiger charge is 2.22. The molecular weight excluding hydrogens is 188 g/mol. The van der Waals surface area contributed by atoms with Gasteiger partial charge in [-0.25, -0.2) is 0 Å². The SMILES string of the molecule is CC(O)CC(C)N1CCN(C(C)C)CC1. The van der Waals surface area contributed by atoms with Gasteiger partial charge in [0.15, 0.2) is 0 Å². The summed E-state index contributed by atoms with van der Waals surface area (Å²) in [6.07, 6.45) is 0.713. The molecule has 0 aromatic rings. The highest BCUT2D eigenvalue weighted by Crippen LogP contribution is 2.12. The van der Waals surface area contributed by atoms with E-state index in [1.807, 2.05) is 6.92 Å². The first-order chi connectivity index (χ1) is 7.00. The van der Waals surface area contributed by atoms with Crippen molar-refractivity contribution in [2.24, 2.45) is 0 Å². The Hall–Kier alpha value is -0.120. The highest BCUT2D eigenvalue weighted by molar-refractivity contribution is 4.78. The maximum absolute atomic E-state index is 9.36. The summed E-state index contributed by atoms with van der Waals surface area (Å²) in [6.45, 7) is 13.2. The third kappa shape index (κ3) is 4.09. The van der Waals surface area contributed by atoms with Gasteiger partial charge >= 0.3 is 0 Å². The molecule has 0 radical (unpaired) electrons. The molecule has 3 nitrogen and oxygen atoms in total. The summed E-state index contributed by atoms with van der Waals surface area (Å²) in [5, 5.41) is 9.36. The van der Waals surface area contributed by atoms with Gasteiger partial charge in [0.05, 0.1) is 6.10 Å². The average Bonchev–Trinajstić information content (AvgIpc) is 2.17. The van der Waals surface area contributed by atoms with E-state index >= 15 is 0 Å². The molecule has 0 bridgehead atoms. The summed E-state index contributed by atoms with van der Waals surface area (Å²) in [5.74, 6) is 0.